The monoisotopic (exact) mass is 450 g/mol. The van der Waals surface area contributed by atoms with Crippen molar-refractivity contribution in [2.45, 2.75) is 96.4 Å². The third-order valence-electron chi connectivity index (χ3n) is 10.7. The van der Waals surface area contributed by atoms with Gasteiger partial charge in [-0.15, -0.1) is 0 Å². The second-order valence-corrected chi connectivity index (χ2v) is 13.8. The van der Waals surface area contributed by atoms with Crippen LogP contribution >= 0.6 is 0 Å². The van der Waals surface area contributed by atoms with Gasteiger partial charge >= 0.3 is 0 Å². The van der Waals surface area contributed by atoms with E-state index >= 15 is 0 Å². The maximum atomic E-state index is 13.6. The Kier molecular flexibility index (Phi) is 4.19. The molecule has 0 saturated heterocycles. The second kappa shape index (κ2) is 6.69. The minimum atomic E-state index is -0.623. The normalized spacial score (nSPS) is 47.9. The van der Waals surface area contributed by atoms with Gasteiger partial charge in [-0.25, -0.2) is 4.99 Å². The number of aliphatic imine (C=N–C) groups is 2. The van der Waals surface area contributed by atoms with E-state index in [1.54, 1.807) is 0 Å². The molecule has 1 aliphatic heterocycles. The van der Waals surface area contributed by atoms with Crippen LogP contribution in [-0.4, -0.2) is 29.1 Å². The smallest absolute Gasteiger partial charge is 0.232 e. The Hall–Kier alpha value is -1.72. The van der Waals surface area contributed by atoms with Crippen LogP contribution in [-0.2, 0) is 9.59 Å². The molecule has 2 amide bonds. The number of nitrogens with one attached hydrogen (secondary N) is 2. The molecule has 0 aromatic rings. The number of amidine groups is 1. The maximum absolute atomic E-state index is 13.6. The first-order valence-corrected chi connectivity index (χ1v) is 13.5. The van der Waals surface area contributed by atoms with Crippen LogP contribution in [0, 0.1) is 46.3 Å². The van der Waals surface area contributed by atoms with E-state index in [1.165, 1.54) is 38.5 Å². The van der Waals surface area contributed by atoms with Crippen LogP contribution in [0.15, 0.2) is 9.98 Å². The molecule has 0 radical (unpaired) electrons. The molecule has 0 unspecified atom stereocenters. The van der Waals surface area contributed by atoms with Gasteiger partial charge in [0.25, 0.3) is 0 Å². The first kappa shape index (κ1) is 20.6. The third-order valence-corrected chi connectivity index (χ3v) is 10.7. The number of carbonyl (C=O) groups excluding carboxylic acids is 2. The number of carbonyl (C=O) groups is 2. The van der Waals surface area contributed by atoms with E-state index in [0.29, 0.717) is 11.8 Å². The second-order valence-electron chi connectivity index (χ2n) is 13.8. The molecular weight excluding hydrogens is 412 g/mol. The van der Waals surface area contributed by atoms with E-state index in [0.717, 1.165) is 74.0 Å². The van der Waals surface area contributed by atoms with Gasteiger partial charge in [-0.2, -0.15) is 4.99 Å². The van der Waals surface area contributed by atoms with Crippen LogP contribution in [0.5, 0.6) is 0 Å². The molecule has 1 heterocycles. The Balaban J connectivity index is 1.07. The molecule has 178 valence electrons. The van der Waals surface area contributed by atoms with Gasteiger partial charge in [-0.1, -0.05) is 0 Å². The molecule has 33 heavy (non-hydrogen) atoms. The molecule has 8 saturated carbocycles. The van der Waals surface area contributed by atoms with E-state index in [2.05, 4.69) is 15.6 Å². The van der Waals surface area contributed by atoms with Crippen molar-refractivity contribution in [2.75, 3.05) is 0 Å². The van der Waals surface area contributed by atoms with Crippen molar-refractivity contribution in [2.24, 2.45) is 56.3 Å². The van der Waals surface area contributed by atoms with Crippen LogP contribution < -0.4 is 10.6 Å². The summed E-state index contributed by atoms with van der Waals surface area (Å²) in [5.41, 5.74) is -1.05. The van der Waals surface area contributed by atoms with Gasteiger partial charge in [0.1, 0.15) is 11.4 Å². The average Bonchev–Trinajstić information content (AvgIpc) is 2.98. The molecule has 8 aliphatic carbocycles. The molecule has 9 rings (SSSR count). The zero-order valence-corrected chi connectivity index (χ0v) is 20.2. The predicted octanol–water partition coefficient (Wildman–Crippen LogP) is 4.20. The van der Waals surface area contributed by atoms with Crippen LogP contribution in [0.1, 0.15) is 90.9 Å². The SMILES string of the molecule is CC1(C)N=C(NC(=O)C23CC4CC(CC(C4)C2)C3)N=C1NC(=O)C12CC3CC(CC(C3)C1)C2. The van der Waals surface area contributed by atoms with Crippen LogP contribution in [0.3, 0.4) is 0 Å². The van der Waals surface area contributed by atoms with E-state index in [9.17, 15) is 9.59 Å². The number of nitrogens with zero attached hydrogens (tertiary/aromatic N) is 2. The molecule has 0 atom stereocenters. The Labute approximate surface area is 196 Å². The Bertz CT molecular complexity index is 906. The van der Waals surface area contributed by atoms with Crippen molar-refractivity contribution in [3.05, 3.63) is 0 Å². The van der Waals surface area contributed by atoms with Crippen LogP contribution in [0.2, 0.25) is 0 Å². The summed E-state index contributed by atoms with van der Waals surface area (Å²) in [6.07, 6.45) is 14.1. The van der Waals surface area contributed by atoms with Gasteiger partial charge in [-0.05, 0) is 126 Å². The quantitative estimate of drug-likeness (QED) is 0.661. The first-order chi connectivity index (χ1) is 15.7. The van der Waals surface area contributed by atoms with Crippen molar-refractivity contribution >= 4 is 23.6 Å². The van der Waals surface area contributed by atoms with E-state index in [4.69, 9.17) is 4.99 Å². The highest BCUT2D eigenvalue weighted by Gasteiger charge is 2.56. The van der Waals surface area contributed by atoms with Crippen molar-refractivity contribution in [3.8, 4) is 0 Å². The number of amides is 2. The molecule has 6 heteroatoms. The summed E-state index contributed by atoms with van der Waals surface area (Å²) in [7, 11) is 0. The van der Waals surface area contributed by atoms with Crippen molar-refractivity contribution < 1.29 is 9.59 Å². The average molecular weight is 451 g/mol. The molecule has 0 aromatic carbocycles. The lowest BCUT2D eigenvalue weighted by atomic mass is 9.49. The lowest BCUT2D eigenvalue weighted by Crippen LogP contribution is -2.56. The molecule has 0 spiro atoms. The molecule has 0 aromatic heterocycles. The number of hydrogen-bond acceptors (Lipinski definition) is 4. The predicted molar refractivity (Wildman–Crippen MR) is 126 cm³/mol. The fraction of sp³-hybridized carbons (Fsp3) is 0.852. The topological polar surface area (TPSA) is 82.9 Å². The number of hydrogen-bond donors (Lipinski definition) is 2. The largest absolute Gasteiger partial charge is 0.312 e. The van der Waals surface area contributed by atoms with Gasteiger partial charge < -0.3 is 5.32 Å². The summed E-state index contributed by atoms with van der Waals surface area (Å²) < 4.78 is 0. The molecule has 6 nitrogen and oxygen atoms in total. The summed E-state index contributed by atoms with van der Waals surface area (Å²) in [5, 5.41) is 6.31. The summed E-state index contributed by atoms with van der Waals surface area (Å²) in [6, 6.07) is 0. The molecule has 8 bridgehead atoms. The van der Waals surface area contributed by atoms with E-state index < -0.39 is 5.54 Å². The fourth-order valence-electron chi connectivity index (χ4n) is 10.1. The van der Waals surface area contributed by atoms with E-state index in [-0.39, 0.29) is 22.6 Å². The van der Waals surface area contributed by atoms with E-state index in [1.807, 2.05) is 13.8 Å². The molecule has 9 aliphatic rings. The summed E-state index contributed by atoms with van der Waals surface area (Å²) in [4.78, 5) is 36.5. The highest BCUT2D eigenvalue weighted by Crippen LogP contribution is 2.61. The van der Waals surface area contributed by atoms with Gasteiger partial charge in [0.2, 0.25) is 17.8 Å². The summed E-state index contributed by atoms with van der Waals surface area (Å²) in [6.45, 7) is 3.96. The standard InChI is InChI=1S/C27H38N4O2/c1-25(2)21(28-22(32)26-9-15-3-16(10-26)5-17(4-15)11-26)29-24(31-25)30-23(33)27-12-18-6-19(13-27)8-20(7-18)14-27/h15-20H,3-14H2,1-2H3,(H2,28,29,30,31,32,33). The van der Waals surface area contributed by atoms with Crippen molar-refractivity contribution in [1.82, 2.24) is 10.6 Å². The Morgan fingerprint density at radius 3 is 1.42 bits per heavy atom. The lowest BCUT2D eigenvalue weighted by molar-refractivity contribution is -0.145. The van der Waals surface area contributed by atoms with Crippen LogP contribution in [0.4, 0.5) is 0 Å². The maximum Gasteiger partial charge on any atom is 0.232 e. The molecular formula is C27H38N4O2. The lowest BCUT2D eigenvalue weighted by Gasteiger charge is -2.55. The summed E-state index contributed by atoms with van der Waals surface area (Å²) in [5.74, 6) is 5.62. The number of rotatable bonds is 2. The zero-order valence-electron chi connectivity index (χ0n) is 20.2. The van der Waals surface area contributed by atoms with Crippen molar-refractivity contribution in [1.29, 1.82) is 0 Å². The highest BCUT2D eigenvalue weighted by molar-refractivity contribution is 6.15. The van der Waals surface area contributed by atoms with Crippen LogP contribution in [0.25, 0.3) is 0 Å². The Morgan fingerprint density at radius 1 is 0.667 bits per heavy atom. The van der Waals surface area contributed by atoms with Gasteiger partial charge in [0.15, 0.2) is 0 Å². The molecule has 2 N–H and O–H groups in total. The third kappa shape index (κ3) is 3.18. The Morgan fingerprint density at radius 2 is 1.03 bits per heavy atom. The van der Waals surface area contributed by atoms with Gasteiger partial charge in [-0.3, -0.25) is 14.9 Å². The van der Waals surface area contributed by atoms with Gasteiger partial charge in [0.05, 0.1) is 10.8 Å². The summed E-state index contributed by atoms with van der Waals surface area (Å²) >= 11 is 0. The van der Waals surface area contributed by atoms with Gasteiger partial charge in [0, 0.05) is 0 Å². The minimum absolute atomic E-state index is 0.119. The molecule has 8 fully saturated rings. The van der Waals surface area contributed by atoms with Crippen molar-refractivity contribution in [3.63, 3.8) is 0 Å². The highest BCUT2D eigenvalue weighted by atomic mass is 16.2. The first-order valence-electron chi connectivity index (χ1n) is 13.5. The fourth-order valence-corrected chi connectivity index (χ4v) is 10.1. The zero-order chi connectivity index (χ0) is 22.6. The number of guanidine groups is 1. The minimum Gasteiger partial charge on any atom is -0.312 e.